The molecule has 1 aromatic rings. The zero-order valence-electron chi connectivity index (χ0n) is 9.03. The number of aliphatic imine (C=N–C) groups is 1. The predicted molar refractivity (Wildman–Crippen MR) is 63.1 cm³/mol. The maximum Gasteiger partial charge on any atom is 0.200 e. The van der Waals surface area contributed by atoms with Gasteiger partial charge in [0.1, 0.15) is 0 Å². The molecule has 0 aliphatic carbocycles. The molecule has 0 amide bonds. The first-order valence-corrected chi connectivity index (χ1v) is 4.59. The molecule has 0 saturated heterocycles. The molecule has 1 rings (SSSR count). The first-order chi connectivity index (χ1) is 8.17. The number of guanidine groups is 1. The lowest BCUT2D eigenvalue weighted by molar-refractivity contribution is 0.0291. The zero-order chi connectivity index (χ0) is 12.7. The van der Waals surface area contributed by atoms with Gasteiger partial charge < -0.3 is 10.7 Å². The molecule has 17 heavy (non-hydrogen) atoms. The largest absolute Gasteiger partial charge is 0.759 e. The third-order valence-corrected chi connectivity index (χ3v) is 1.81. The van der Waals surface area contributed by atoms with Gasteiger partial charge in [-0.15, -0.1) is 5.23 Å². The van der Waals surface area contributed by atoms with Crippen LogP contribution in [0.1, 0.15) is 5.56 Å². The van der Waals surface area contributed by atoms with Gasteiger partial charge in [0.25, 0.3) is 0 Å². The van der Waals surface area contributed by atoms with Crippen LogP contribution in [0.5, 0.6) is 0 Å². The molecule has 0 aliphatic rings. The maximum atomic E-state index is 10.3. The van der Waals surface area contributed by atoms with Gasteiger partial charge in [0, 0.05) is 7.05 Å². The van der Waals surface area contributed by atoms with Crippen molar-refractivity contribution in [1.29, 1.82) is 0 Å². The normalized spacial score (nSPS) is 11.6. The summed E-state index contributed by atoms with van der Waals surface area (Å²) in [6, 6.07) is 6.31. The van der Waals surface area contributed by atoms with E-state index in [1.165, 1.54) is 25.4 Å². The van der Waals surface area contributed by atoms with Crippen molar-refractivity contribution in [2.75, 3.05) is 12.3 Å². The Kier molecular flexibility index (Phi) is 4.88. The van der Waals surface area contributed by atoms with Crippen molar-refractivity contribution in [3.8, 4) is 0 Å². The molecule has 8 nitrogen and oxygen atoms in total. The van der Waals surface area contributed by atoms with Crippen LogP contribution in [0.15, 0.2) is 34.4 Å². The van der Waals surface area contributed by atoms with Gasteiger partial charge in [-0.05, 0) is 17.7 Å². The summed E-state index contributed by atoms with van der Waals surface area (Å²) in [7, 11) is 1.43. The Morgan fingerprint density at radius 3 is 2.82 bits per heavy atom. The van der Waals surface area contributed by atoms with Crippen LogP contribution in [0.25, 0.3) is 0 Å². The molecule has 0 heterocycles. The molecule has 8 heteroatoms. The lowest BCUT2D eigenvalue weighted by Gasteiger charge is -2.10. The molecular weight excluding hydrogens is 226 g/mol. The summed E-state index contributed by atoms with van der Waals surface area (Å²) in [5.41, 5.74) is 4.74. The van der Waals surface area contributed by atoms with Gasteiger partial charge >= 0.3 is 0 Å². The number of hydrazone groups is 1. The summed E-state index contributed by atoms with van der Waals surface area (Å²) in [5.74, 6) is -0.0247. The smallest absolute Gasteiger partial charge is 0.200 e. The maximum absolute atomic E-state index is 10.3. The molecule has 92 valence electrons. The van der Waals surface area contributed by atoms with E-state index in [9.17, 15) is 5.21 Å². The number of benzene rings is 1. The van der Waals surface area contributed by atoms with Crippen LogP contribution in [-0.2, 0) is 0 Å². The lowest BCUT2D eigenvalue weighted by atomic mass is 10.2. The molecule has 0 bridgehead atoms. The highest BCUT2D eigenvalue weighted by molar-refractivity contribution is 5.84. The fourth-order valence-corrected chi connectivity index (χ4v) is 1.02. The summed E-state index contributed by atoms with van der Waals surface area (Å²) in [4.78, 5) is 3.56. The molecular formula is C9H12N5O3-. The lowest BCUT2D eigenvalue weighted by Crippen LogP contribution is -2.29. The van der Waals surface area contributed by atoms with E-state index < -0.39 is 0 Å². The average molecular weight is 238 g/mol. The second-order valence-corrected chi connectivity index (χ2v) is 2.93. The SMILES string of the molecule is CN=C(N[O-])N/N=C/c1cccc(N(O)O)c1. The summed E-state index contributed by atoms with van der Waals surface area (Å²) in [6.45, 7) is 0. The first kappa shape index (κ1) is 12.9. The highest BCUT2D eigenvalue weighted by Gasteiger charge is 1.98. The van der Waals surface area contributed by atoms with E-state index in [2.05, 4.69) is 15.5 Å². The van der Waals surface area contributed by atoms with Gasteiger partial charge in [-0.25, -0.2) is 5.43 Å². The topological polar surface area (TPSA) is 116 Å². The monoisotopic (exact) mass is 238 g/mol. The average Bonchev–Trinajstić information content (AvgIpc) is 2.35. The van der Waals surface area contributed by atoms with Crippen LogP contribution in [0, 0.1) is 5.21 Å². The molecule has 0 unspecified atom stereocenters. The Bertz CT molecular complexity index is 419. The summed E-state index contributed by atoms with van der Waals surface area (Å²) < 4.78 is 0. The van der Waals surface area contributed by atoms with Gasteiger partial charge in [0.05, 0.1) is 11.9 Å². The second-order valence-electron chi connectivity index (χ2n) is 2.93. The number of nitrogens with zero attached hydrogens (tertiary/aromatic N) is 3. The van der Waals surface area contributed by atoms with Crippen molar-refractivity contribution in [3.63, 3.8) is 0 Å². The first-order valence-electron chi connectivity index (χ1n) is 4.59. The molecule has 0 aromatic heterocycles. The second kappa shape index (κ2) is 6.43. The predicted octanol–water partition coefficient (Wildman–Crippen LogP) is 0.268. The number of hydrogen-bond donors (Lipinski definition) is 4. The standard InChI is InChI=1S/C9H12N5O3/c1-10-9(13-15)12-11-6-7-3-2-4-8(5-7)14(16)17/h2-6,16-17H,1H3,(H2-,10,12,13,15)/q-1/b11-6+. The molecule has 4 N–H and O–H groups in total. The van der Waals surface area contributed by atoms with Crippen LogP contribution in [-0.4, -0.2) is 29.6 Å². The Morgan fingerprint density at radius 2 is 2.24 bits per heavy atom. The minimum atomic E-state index is -0.0247. The summed E-state index contributed by atoms with van der Waals surface area (Å²) in [6.07, 6.45) is 1.40. The van der Waals surface area contributed by atoms with Gasteiger partial charge in [0.2, 0.25) is 5.96 Å². The highest BCUT2D eigenvalue weighted by Crippen LogP contribution is 2.11. The van der Waals surface area contributed by atoms with Gasteiger partial charge in [-0.1, -0.05) is 12.1 Å². The van der Waals surface area contributed by atoms with Gasteiger partial charge in [-0.3, -0.25) is 15.4 Å². The van der Waals surface area contributed by atoms with Crippen molar-refractivity contribution >= 4 is 17.9 Å². The van der Waals surface area contributed by atoms with Crippen LogP contribution in [0.3, 0.4) is 0 Å². The van der Waals surface area contributed by atoms with Crippen LogP contribution >= 0.6 is 0 Å². The van der Waals surface area contributed by atoms with Crippen molar-refractivity contribution in [2.24, 2.45) is 10.1 Å². The van der Waals surface area contributed by atoms with E-state index in [0.29, 0.717) is 5.56 Å². The van der Waals surface area contributed by atoms with Crippen LogP contribution < -0.4 is 16.1 Å². The summed E-state index contributed by atoms with van der Waals surface area (Å²) >= 11 is 0. The molecule has 0 fully saturated rings. The number of hydrogen-bond acceptors (Lipinski definition) is 6. The van der Waals surface area contributed by atoms with E-state index in [1.807, 2.05) is 0 Å². The number of hydroxylamine groups is 1. The molecule has 0 radical (unpaired) electrons. The van der Waals surface area contributed by atoms with Gasteiger partial charge in [-0.2, -0.15) is 5.10 Å². The molecule has 1 aromatic carbocycles. The van der Waals surface area contributed by atoms with E-state index in [4.69, 9.17) is 10.4 Å². The van der Waals surface area contributed by atoms with Crippen molar-refractivity contribution < 1.29 is 10.4 Å². The fourth-order valence-electron chi connectivity index (χ4n) is 1.02. The van der Waals surface area contributed by atoms with E-state index in [0.717, 1.165) is 0 Å². The van der Waals surface area contributed by atoms with Gasteiger partial charge in [0.15, 0.2) is 0 Å². The minimum absolute atomic E-state index is 0.00287. The quantitative estimate of drug-likeness (QED) is 0.341. The Balaban J connectivity index is 2.68. The third kappa shape index (κ3) is 4.07. The van der Waals surface area contributed by atoms with Crippen LogP contribution in [0.4, 0.5) is 5.69 Å². The Morgan fingerprint density at radius 1 is 1.47 bits per heavy atom. The highest BCUT2D eigenvalue weighted by atomic mass is 16.8. The van der Waals surface area contributed by atoms with Crippen molar-refractivity contribution in [3.05, 3.63) is 35.0 Å². The zero-order valence-corrected chi connectivity index (χ0v) is 9.03. The van der Waals surface area contributed by atoms with Crippen molar-refractivity contribution in [2.45, 2.75) is 0 Å². The Hall–Kier alpha value is -2.16. The molecule has 0 saturated carbocycles. The molecule has 0 aliphatic heterocycles. The minimum Gasteiger partial charge on any atom is -0.759 e. The molecule has 0 spiro atoms. The fraction of sp³-hybridized carbons (Fsp3) is 0.111. The van der Waals surface area contributed by atoms with Crippen LogP contribution in [0.2, 0.25) is 0 Å². The van der Waals surface area contributed by atoms with E-state index in [-0.39, 0.29) is 16.9 Å². The third-order valence-electron chi connectivity index (χ3n) is 1.81. The van der Waals surface area contributed by atoms with E-state index >= 15 is 0 Å². The Labute approximate surface area is 97.4 Å². The number of anilines is 1. The van der Waals surface area contributed by atoms with E-state index in [1.54, 1.807) is 17.6 Å². The molecule has 0 atom stereocenters. The number of rotatable bonds is 3. The summed E-state index contributed by atoms with van der Waals surface area (Å²) in [5, 5.41) is 31.6. The van der Waals surface area contributed by atoms with Crippen molar-refractivity contribution in [1.82, 2.24) is 10.9 Å². The number of nitrogens with one attached hydrogen (secondary N) is 2.